The number of nitrogens with one attached hydrogen (secondary N) is 1. The summed E-state index contributed by atoms with van der Waals surface area (Å²) in [7, 11) is -10.1. The van der Waals surface area contributed by atoms with Gasteiger partial charge < -0.3 is 19.6 Å². The summed E-state index contributed by atoms with van der Waals surface area (Å²) < 4.78 is 32.0. The van der Waals surface area contributed by atoms with Crippen molar-refractivity contribution in [1.29, 1.82) is 0 Å². The highest BCUT2D eigenvalue weighted by Gasteiger charge is 2.35. The summed E-state index contributed by atoms with van der Waals surface area (Å²) in [4.78, 5) is 27.3. The molecule has 0 bridgehead atoms. The number of rotatable bonds is 9. The van der Waals surface area contributed by atoms with E-state index in [2.05, 4.69) is 16.6 Å². The fraction of sp³-hybridized carbons (Fsp3) is 0.600. The highest BCUT2D eigenvalue weighted by atomic mass is 31.3. The summed E-state index contributed by atoms with van der Waals surface area (Å²) in [6, 6.07) is 3.79. The number of hydrogen-bond acceptors (Lipinski definition) is 5. The summed E-state index contributed by atoms with van der Waals surface area (Å²) in [6.45, 7) is 3.30. The van der Waals surface area contributed by atoms with Crippen molar-refractivity contribution in [2.24, 2.45) is 0 Å². The maximum atomic E-state index is 12.0. The Morgan fingerprint density at radius 3 is 2.56 bits per heavy atom. The van der Waals surface area contributed by atoms with Crippen molar-refractivity contribution < 1.29 is 32.6 Å². The number of unbranched alkanes of at least 4 members (excludes halogenated alkanes) is 1. The van der Waals surface area contributed by atoms with E-state index in [4.69, 9.17) is 14.3 Å². The molecule has 8 nitrogen and oxygen atoms in total. The van der Waals surface area contributed by atoms with Gasteiger partial charge in [-0.3, -0.25) is 4.89 Å². The molecule has 0 amide bonds. The molecule has 1 unspecified atom stereocenters. The van der Waals surface area contributed by atoms with E-state index in [0.29, 0.717) is 18.5 Å². The van der Waals surface area contributed by atoms with Crippen molar-refractivity contribution in [2.45, 2.75) is 52.0 Å². The minimum atomic E-state index is -5.15. The summed E-state index contributed by atoms with van der Waals surface area (Å²) >= 11 is 0. The summed E-state index contributed by atoms with van der Waals surface area (Å²) in [5, 5.41) is 3.24. The lowest BCUT2D eigenvalue weighted by atomic mass is 9.89. The zero-order valence-electron chi connectivity index (χ0n) is 14.2. The second kappa shape index (κ2) is 8.78. The van der Waals surface area contributed by atoms with Crippen molar-refractivity contribution in [3.05, 3.63) is 28.8 Å². The SMILES string of the molecule is CCCCNCc1ccc2c(c1OP(=O)(O)OP(=O)(O)O)CCCC2. The highest BCUT2D eigenvalue weighted by Crippen LogP contribution is 2.58. The third kappa shape index (κ3) is 6.50. The van der Waals surface area contributed by atoms with E-state index in [1.807, 2.05) is 12.1 Å². The first kappa shape index (κ1) is 20.6. The molecule has 1 aromatic rings. The molecule has 0 aromatic heterocycles. The molecule has 4 N–H and O–H groups in total. The quantitative estimate of drug-likeness (QED) is 0.373. The summed E-state index contributed by atoms with van der Waals surface area (Å²) in [5.74, 6) is 0.195. The van der Waals surface area contributed by atoms with Crippen LogP contribution >= 0.6 is 15.6 Å². The van der Waals surface area contributed by atoms with Gasteiger partial charge in [0.1, 0.15) is 5.75 Å². The Hall–Kier alpha value is -0.720. The predicted molar refractivity (Wildman–Crippen MR) is 93.3 cm³/mol. The molecular weight excluding hydrogens is 368 g/mol. The van der Waals surface area contributed by atoms with Gasteiger partial charge in [0.05, 0.1) is 0 Å². The Morgan fingerprint density at radius 2 is 1.88 bits per heavy atom. The first-order valence-corrected chi connectivity index (χ1v) is 11.4. The van der Waals surface area contributed by atoms with Crippen molar-refractivity contribution in [3.8, 4) is 5.75 Å². The molecule has 1 aromatic carbocycles. The molecule has 1 aliphatic rings. The van der Waals surface area contributed by atoms with E-state index in [1.54, 1.807) is 0 Å². The fourth-order valence-corrected chi connectivity index (χ4v) is 4.55. The molecule has 1 aliphatic carbocycles. The Labute approximate surface area is 147 Å². The standard InChI is InChI=1S/C15H25NO7P2/c1-2-3-10-16-11-13-9-8-12-6-4-5-7-14(12)15(13)22-25(20,21)23-24(17,18)19/h8-9,16H,2-7,10-11H2,1H3,(H,20,21)(H2,17,18,19). The van der Waals surface area contributed by atoms with E-state index >= 15 is 0 Å². The number of hydrogen-bond donors (Lipinski definition) is 4. The number of aryl methyl sites for hydroxylation is 1. The van der Waals surface area contributed by atoms with E-state index in [0.717, 1.165) is 49.8 Å². The van der Waals surface area contributed by atoms with E-state index in [9.17, 15) is 14.0 Å². The van der Waals surface area contributed by atoms with Crippen LogP contribution in [0.25, 0.3) is 0 Å². The monoisotopic (exact) mass is 393 g/mol. The average Bonchev–Trinajstić information content (AvgIpc) is 2.50. The molecule has 0 saturated carbocycles. The lowest BCUT2D eigenvalue weighted by molar-refractivity contribution is 0.228. The van der Waals surface area contributed by atoms with E-state index < -0.39 is 15.6 Å². The lowest BCUT2D eigenvalue weighted by Crippen LogP contribution is -2.17. The Morgan fingerprint density at radius 1 is 1.16 bits per heavy atom. The van der Waals surface area contributed by atoms with Gasteiger partial charge in [0, 0.05) is 12.1 Å². The first-order valence-electron chi connectivity index (χ1n) is 8.35. The van der Waals surface area contributed by atoms with Crippen LogP contribution in [-0.4, -0.2) is 21.2 Å². The van der Waals surface area contributed by atoms with Crippen molar-refractivity contribution >= 4 is 15.6 Å². The van der Waals surface area contributed by atoms with Crippen LogP contribution in [0.4, 0.5) is 0 Å². The molecule has 0 aliphatic heterocycles. The van der Waals surface area contributed by atoms with Gasteiger partial charge in [0.25, 0.3) is 0 Å². The zero-order valence-corrected chi connectivity index (χ0v) is 16.0. The average molecular weight is 393 g/mol. The number of phosphoric acid groups is 2. The van der Waals surface area contributed by atoms with Crippen molar-refractivity contribution in [1.82, 2.24) is 5.32 Å². The molecule has 0 heterocycles. The minimum Gasteiger partial charge on any atom is -0.403 e. The van der Waals surface area contributed by atoms with Gasteiger partial charge in [0.2, 0.25) is 0 Å². The molecule has 142 valence electrons. The third-order valence-electron chi connectivity index (χ3n) is 4.00. The fourth-order valence-electron chi connectivity index (χ4n) is 2.89. The molecule has 10 heteroatoms. The topological polar surface area (TPSA) is 125 Å². The molecule has 0 spiro atoms. The van der Waals surface area contributed by atoms with E-state index in [-0.39, 0.29) is 5.75 Å². The zero-order chi connectivity index (χ0) is 18.5. The van der Waals surface area contributed by atoms with Crippen LogP contribution in [0.2, 0.25) is 0 Å². The van der Waals surface area contributed by atoms with Crippen LogP contribution in [0.1, 0.15) is 49.3 Å². The van der Waals surface area contributed by atoms with Crippen LogP contribution in [0.5, 0.6) is 5.75 Å². The van der Waals surface area contributed by atoms with Crippen LogP contribution < -0.4 is 9.84 Å². The smallest absolute Gasteiger partial charge is 0.403 e. The Bertz CT molecular complexity index is 689. The number of fused-ring (bicyclic) bond motifs is 1. The van der Waals surface area contributed by atoms with Gasteiger partial charge in [-0.05, 0) is 49.8 Å². The second-order valence-corrected chi connectivity index (χ2v) is 8.82. The van der Waals surface area contributed by atoms with Gasteiger partial charge in [-0.15, -0.1) is 0 Å². The molecular formula is C15H25NO7P2. The molecule has 25 heavy (non-hydrogen) atoms. The van der Waals surface area contributed by atoms with Crippen LogP contribution in [0, 0.1) is 0 Å². The van der Waals surface area contributed by atoms with Crippen LogP contribution in [0.3, 0.4) is 0 Å². The number of phosphoric ester groups is 1. The van der Waals surface area contributed by atoms with Gasteiger partial charge in [-0.2, -0.15) is 4.31 Å². The Balaban J connectivity index is 2.28. The van der Waals surface area contributed by atoms with Crippen LogP contribution in [0.15, 0.2) is 12.1 Å². The van der Waals surface area contributed by atoms with Crippen molar-refractivity contribution in [3.63, 3.8) is 0 Å². The molecule has 2 rings (SSSR count). The lowest BCUT2D eigenvalue weighted by Gasteiger charge is -2.23. The first-order chi connectivity index (χ1) is 11.7. The maximum Gasteiger partial charge on any atom is 0.536 e. The van der Waals surface area contributed by atoms with Gasteiger partial charge in [0.15, 0.2) is 0 Å². The Kier molecular flexibility index (Phi) is 7.23. The van der Waals surface area contributed by atoms with Gasteiger partial charge >= 0.3 is 15.6 Å². The normalized spacial score (nSPS) is 17.0. The molecule has 1 atom stereocenters. The predicted octanol–water partition coefficient (Wildman–Crippen LogP) is 3.04. The third-order valence-corrected chi connectivity index (χ3v) is 6.09. The summed E-state index contributed by atoms with van der Waals surface area (Å²) in [5.41, 5.74) is 2.50. The van der Waals surface area contributed by atoms with Crippen molar-refractivity contribution in [2.75, 3.05) is 6.54 Å². The molecule has 0 fully saturated rings. The minimum absolute atomic E-state index is 0.195. The van der Waals surface area contributed by atoms with E-state index in [1.165, 1.54) is 0 Å². The molecule has 0 radical (unpaired) electrons. The summed E-state index contributed by atoms with van der Waals surface area (Å²) in [6.07, 6.45) is 5.51. The highest BCUT2D eigenvalue weighted by molar-refractivity contribution is 7.60. The van der Waals surface area contributed by atoms with Gasteiger partial charge in [-0.25, -0.2) is 9.13 Å². The van der Waals surface area contributed by atoms with Crippen LogP contribution in [-0.2, 0) is 32.8 Å². The number of benzene rings is 1. The molecule has 0 saturated heterocycles. The maximum absolute atomic E-state index is 12.0. The largest absolute Gasteiger partial charge is 0.536 e. The van der Waals surface area contributed by atoms with Gasteiger partial charge in [-0.1, -0.05) is 25.5 Å². The second-order valence-electron chi connectivity index (χ2n) is 6.06.